The van der Waals surface area contributed by atoms with Crippen LogP contribution in [0.25, 0.3) is 11.1 Å². The molecule has 0 aliphatic carbocycles. The van der Waals surface area contributed by atoms with Gasteiger partial charge in [0, 0.05) is 5.56 Å². The van der Waals surface area contributed by atoms with Gasteiger partial charge in [0.25, 0.3) is 0 Å². The molecular weight excluding hydrogens is 252 g/mol. The van der Waals surface area contributed by atoms with E-state index < -0.39 is 17.5 Å². The van der Waals surface area contributed by atoms with Crippen LogP contribution in [0.15, 0.2) is 36.5 Å². The summed E-state index contributed by atoms with van der Waals surface area (Å²) >= 11 is -1.88. The maximum Gasteiger partial charge on any atom is 0.357 e. The van der Waals surface area contributed by atoms with Crippen molar-refractivity contribution in [1.29, 1.82) is 0 Å². The molecule has 6 heteroatoms. The van der Waals surface area contributed by atoms with Gasteiger partial charge in [0.15, 0.2) is 17.2 Å². The van der Waals surface area contributed by atoms with Gasteiger partial charge in [-0.1, -0.05) is 24.3 Å². The van der Waals surface area contributed by atoms with Crippen LogP contribution in [0, 0.1) is 6.92 Å². The summed E-state index contributed by atoms with van der Waals surface area (Å²) in [5.41, 5.74) is 2.18. The maximum absolute atomic E-state index is 11.3. The molecule has 1 unspecified atom stereocenters. The molecule has 1 aromatic carbocycles. The van der Waals surface area contributed by atoms with Crippen LogP contribution in [-0.4, -0.2) is 19.6 Å². The van der Waals surface area contributed by atoms with Crippen molar-refractivity contribution in [3.63, 3.8) is 0 Å². The Bertz CT molecular complexity index is 593. The van der Waals surface area contributed by atoms with Gasteiger partial charge in [-0.05, 0) is 24.1 Å². The number of benzene rings is 1. The Kier molecular flexibility index (Phi) is 3.42. The van der Waals surface area contributed by atoms with Crippen LogP contribution < -0.4 is 5.14 Å². The van der Waals surface area contributed by atoms with Crippen LogP contribution >= 0.6 is 0 Å². The fourth-order valence-electron chi connectivity index (χ4n) is 1.87. The zero-order valence-electron chi connectivity index (χ0n) is 9.66. The average Bonchev–Trinajstić information content (AvgIpc) is 2.74. The van der Waals surface area contributed by atoms with E-state index in [1.54, 1.807) is 6.07 Å². The fourth-order valence-corrected chi connectivity index (χ4v) is 2.40. The van der Waals surface area contributed by atoms with Crippen molar-refractivity contribution in [3.05, 3.63) is 47.8 Å². The van der Waals surface area contributed by atoms with Crippen LogP contribution in [-0.2, 0) is 11.5 Å². The van der Waals surface area contributed by atoms with Crippen molar-refractivity contribution in [1.82, 2.24) is 3.97 Å². The number of nitrogens with two attached hydrogens (primary N) is 1. The molecule has 0 fully saturated rings. The van der Waals surface area contributed by atoms with E-state index in [0.29, 0.717) is 5.56 Å². The molecular formula is C12H12N2O3S. The van der Waals surface area contributed by atoms with E-state index in [9.17, 15) is 14.5 Å². The highest BCUT2D eigenvalue weighted by Crippen LogP contribution is 2.28. The van der Waals surface area contributed by atoms with Gasteiger partial charge in [0.1, 0.15) is 0 Å². The summed E-state index contributed by atoms with van der Waals surface area (Å²) in [5, 5.41) is 14.5. The van der Waals surface area contributed by atoms with E-state index in [1.165, 1.54) is 6.20 Å². The first kappa shape index (κ1) is 12.7. The molecule has 2 rings (SSSR count). The number of carboxylic acid groups (broad SMARTS) is 1. The van der Waals surface area contributed by atoms with Crippen molar-refractivity contribution >= 4 is 17.5 Å². The summed E-state index contributed by atoms with van der Waals surface area (Å²) in [5.74, 6) is -1.16. The van der Waals surface area contributed by atoms with Crippen LogP contribution in [0.1, 0.15) is 16.1 Å². The first-order valence-corrected chi connectivity index (χ1v) is 6.36. The largest absolute Gasteiger partial charge is 0.573 e. The Morgan fingerprint density at radius 3 is 2.56 bits per heavy atom. The molecule has 1 atom stereocenters. The van der Waals surface area contributed by atoms with Crippen LogP contribution in [0.4, 0.5) is 0 Å². The van der Waals surface area contributed by atoms with Crippen LogP contribution in [0.5, 0.6) is 0 Å². The van der Waals surface area contributed by atoms with E-state index in [0.717, 1.165) is 15.1 Å². The Hall–Kier alpha value is -1.76. The zero-order valence-corrected chi connectivity index (χ0v) is 10.5. The van der Waals surface area contributed by atoms with Crippen molar-refractivity contribution in [2.24, 2.45) is 5.14 Å². The summed E-state index contributed by atoms with van der Waals surface area (Å²) in [6.45, 7) is 1.89. The lowest BCUT2D eigenvalue weighted by Crippen LogP contribution is -2.24. The second-order valence-electron chi connectivity index (χ2n) is 3.80. The molecule has 0 aliphatic rings. The van der Waals surface area contributed by atoms with Gasteiger partial charge < -0.3 is 9.66 Å². The third-order valence-corrected chi connectivity index (χ3v) is 3.38. The first-order valence-electron chi connectivity index (χ1n) is 5.19. The lowest BCUT2D eigenvalue weighted by Gasteiger charge is -2.08. The zero-order chi connectivity index (χ0) is 13.3. The van der Waals surface area contributed by atoms with E-state index in [-0.39, 0.29) is 5.69 Å². The number of nitrogens with zero attached hydrogens (tertiary/aromatic N) is 1. The van der Waals surface area contributed by atoms with Gasteiger partial charge in [0.2, 0.25) is 0 Å². The van der Waals surface area contributed by atoms with Gasteiger partial charge in [-0.2, -0.15) is 0 Å². The van der Waals surface area contributed by atoms with Crippen LogP contribution in [0.2, 0.25) is 0 Å². The summed E-state index contributed by atoms with van der Waals surface area (Å²) in [6.07, 6.45) is 1.42. The number of aromatic nitrogens is 1. The molecule has 18 heavy (non-hydrogen) atoms. The third kappa shape index (κ3) is 2.13. The van der Waals surface area contributed by atoms with Gasteiger partial charge in [0.05, 0.1) is 6.20 Å². The van der Waals surface area contributed by atoms with Crippen molar-refractivity contribution in [3.8, 4) is 11.1 Å². The summed E-state index contributed by atoms with van der Waals surface area (Å²) < 4.78 is 12.3. The molecule has 2 aromatic rings. The minimum absolute atomic E-state index is 0.0647. The molecule has 0 spiro atoms. The molecule has 0 saturated carbocycles. The van der Waals surface area contributed by atoms with Gasteiger partial charge >= 0.3 is 5.97 Å². The molecule has 1 aromatic heterocycles. The van der Waals surface area contributed by atoms with Crippen LogP contribution in [0.3, 0.4) is 0 Å². The molecule has 0 saturated heterocycles. The molecule has 3 N–H and O–H groups in total. The predicted octanol–water partition coefficient (Wildman–Crippen LogP) is 1.55. The Morgan fingerprint density at radius 1 is 1.33 bits per heavy atom. The Morgan fingerprint density at radius 2 is 2.00 bits per heavy atom. The molecule has 0 amide bonds. The van der Waals surface area contributed by atoms with E-state index in [4.69, 9.17) is 5.14 Å². The summed E-state index contributed by atoms with van der Waals surface area (Å²) in [4.78, 5) is 11.3. The molecule has 0 bridgehead atoms. The molecule has 94 valence electrons. The monoisotopic (exact) mass is 264 g/mol. The molecule has 5 nitrogen and oxygen atoms in total. The molecule has 0 aliphatic heterocycles. The highest BCUT2D eigenvalue weighted by molar-refractivity contribution is 7.87. The minimum Gasteiger partial charge on any atom is -0.573 e. The number of carboxylic acids is 1. The Balaban J connectivity index is 2.66. The summed E-state index contributed by atoms with van der Waals surface area (Å²) in [7, 11) is 0. The van der Waals surface area contributed by atoms with Crippen molar-refractivity contribution in [2.75, 3.05) is 0 Å². The quantitative estimate of drug-likeness (QED) is 0.823. The number of rotatable bonds is 3. The lowest BCUT2D eigenvalue weighted by atomic mass is 10.0. The minimum atomic E-state index is -1.88. The van der Waals surface area contributed by atoms with Crippen molar-refractivity contribution in [2.45, 2.75) is 6.92 Å². The van der Waals surface area contributed by atoms with E-state index in [1.807, 2.05) is 31.2 Å². The average molecular weight is 264 g/mol. The number of carbonyl (C=O) groups is 1. The molecule has 1 heterocycles. The summed E-state index contributed by atoms with van der Waals surface area (Å²) in [6, 6.07) is 9.01. The van der Waals surface area contributed by atoms with Gasteiger partial charge in [-0.3, -0.25) is 0 Å². The molecule has 0 radical (unpaired) electrons. The predicted molar refractivity (Wildman–Crippen MR) is 69.3 cm³/mol. The van der Waals surface area contributed by atoms with Gasteiger partial charge in [-0.25, -0.2) is 4.79 Å². The second-order valence-corrected chi connectivity index (χ2v) is 4.75. The number of aromatic carboxylic acids is 1. The number of aryl methyl sites for hydroxylation is 1. The SMILES string of the molecule is Cc1ccccc1-c1ccn([S+](N)[O-])c1C(=O)O. The smallest absolute Gasteiger partial charge is 0.357 e. The number of hydrogen-bond acceptors (Lipinski definition) is 3. The normalized spacial score (nSPS) is 12.4. The third-order valence-electron chi connectivity index (χ3n) is 2.68. The van der Waals surface area contributed by atoms with E-state index >= 15 is 0 Å². The second kappa shape index (κ2) is 4.85. The lowest BCUT2D eigenvalue weighted by molar-refractivity contribution is 0.0690. The first-order chi connectivity index (χ1) is 8.52. The highest BCUT2D eigenvalue weighted by atomic mass is 32.2. The maximum atomic E-state index is 11.3. The highest BCUT2D eigenvalue weighted by Gasteiger charge is 2.23. The van der Waals surface area contributed by atoms with E-state index in [2.05, 4.69) is 0 Å². The number of hydrogen-bond donors (Lipinski definition) is 2. The standard InChI is InChI=1S/C12H12N2O3S/c1-8-4-2-3-5-9(8)10-6-7-14(18(13)17)11(10)12(15)16/h2-7H,13H2,1H3,(H,15,16). The van der Waals surface area contributed by atoms with Gasteiger partial charge in [-0.15, -0.1) is 9.11 Å². The topological polar surface area (TPSA) is 91.3 Å². The Labute approximate surface area is 107 Å². The fraction of sp³-hybridized carbons (Fsp3) is 0.0833. The van der Waals surface area contributed by atoms with Crippen molar-refractivity contribution < 1.29 is 14.5 Å².